The van der Waals surface area contributed by atoms with E-state index in [1.807, 2.05) is 30.3 Å². The quantitative estimate of drug-likeness (QED) is 0.764. The molecule has 2 rings (SSSR count). The molecule has 0 radical (unpaired) electrons. The van der Waals surface area contributed by atoms with Gasteiger partial charge in [-0.3, -0.25) is 9.59 Å². The molecule has 2 aromatic rings. The van der Waals surface area contributed by atoms with E-state index < -0.39 is 11.7 Å². The Balaban J connectivity index is 2.01. The van der Waals surface area contributed by atoms with Crippen molar-refractivity contribution in [1.29, 1.82) is 0 Å². The number of hydrogen-bond acceptors (Lipinski definition) is 3. The predicted molar refractivity (Wildman–Crippen MR) is 87.5 cm³/mol. The molecular weight excluding hydrogens is 297 g/mol. The lowest BCUT2D eigenvalue weighted by Gasteiger charge is -2.12. The first-order valence-corrected chi connectivity index (χ1v) is 7.21. The lowest BCUT2D eigenvalue weighted by atomic mass is 10.1. The summed E-state index contributed by atoms with van der Waals surface area (Å²) in [5.41, 5.74) is 6.81. The number of carbonyl (C=O) groups excluding carboxylic acids is 2. The number of halogens is 1. The van der Waals surface area contributed by atoms with Gasteiger partial charge in [0.25, 0.3) is 0 Å². The van der Waals surface area contributed by atoms with Crippen LogP contribution in [0.2, 0.25) is 0 Å². The molecule has 2 aromatic carbocycles. The van der Waals surface area contributed by atoms with Crippen LogP contribution in [0, 0.1) is 5.82 Å². The molecule has 23 heavy (non-hydrogen) atoms. The molecule has 0 unspecified atom stereocenters. The Kier molecular flexibility index (Phi) is 5.82. The largest absolute Gasteiger partial charge is 0.324 e. The third-order valence-corrected chi connectivity index (χ3v) is 3.20. The summed E-state index contributed by atoms with van der Waals surface area (Å²) in [7, 11) is 0. The van der Waals surface area contributed by atoms with Crippen molar-refractivity contribution in [3.05, 3.63) is 59.9 Å². The highest BCUT2D eigenvalue weighted by Crippen LogP contribution is 2.23. The number of rotatable bonds is 6. The van der Waals surface area contributed by atoms with Crippen LogP contribution < -0.4 is 16.4 Å². The fourth-order valence-electron chi connectivity index (χ4n) is 2.05. The van der Waals surface area contributed by atoms with Gasteiger partial charge in [-0.05, 0) is 30.2 Å². The highest BCUT2D eigenvalue weighted by Gasteiger charge is 2.10. The van der Waals surface area contributed by atoms with Gasteiger partial charge in [-0.2, -0.15) is 0 Å². The zero-order valence-electron chi connectivity index (χ0n) is 12.5. The monoisotopic (exact) mass is 315 g/mol. The summed E-state index contributed by atoms with van der Waals surface area (Å²) in [6, 6.07) is 13.4. The Labute approximate surface area is 133 Å². The second kappa shape index (κ2) is 8.05. The molecule has 0 aliphatic heterocycles. The molecule has 0 heterocycles. The molecule has 6 heteroatoms. The summed E-state index contributed by atoms with van der Waals surface area (Å²) in [6.45, 7) is -0.224. The highest BCUT2D eigenvalue weighted by atomic mass is 19.1. The van der Waals surface area contributed by atoms with E-state index >= 15 is 0 Å². The van der Waals surface area contributed by atoms with Crippen LogP contribution in [-0.4, -0.2) is 18.4 Å². The molecule has 0 bridgehead atoms. The standard InChI is InChI=1S/C17H18FN3O2/c18-13-7-8-14(15(10-13)21-17(23)11-19)20-16(22)9-6-12-4-2-1-3-5-12/h1-5,7-8,10H,6,9,11,19H2,(H,20,22)(H,21,23). The number of nitrogens with one attached hydrogen (secondary N) is 2. The zero-order valence-corrected chi connectivity index (χ0v) is 12.5. The maximum atomic E-state index is 13.3. The molecule has 0 saturated carbocycles. The van der Waals surface area contributed by atoms with Gasteiger partial charge in [0.1, 0.15) is 5.82 Å². The fourth-order valence-corrected chi connectivity index (χ4v) is 2.05. The van der Waals surface area contributed by atoms with Crippen LogP contribution in [0.3, 0.4) is 0 Å². The van der Waals surface area contributed by atoms with Crippen molar-refractivity contribution in [2.75, 3.05) is 17.2 Å². The Morgan fingerprint density at radius 1 is 0.957 bits per heavy atom. The minimum atomic E-state index is -0.514. The van der Waals surface area contributed by atoms with Gasteiger partial charge >= 0.3 is 0 Å². The second-order valence-electron chi connectivity index (χ2n) is 4.98. The van der Waals surface area contributed by atoms with E-state index in [1.165, 1.54) is 12.1 Å². The Morgan fingerprint density at radius 3 is 2.35 bits per heavy atom. The molecule has 0 spiro atoms. The molecule has 0 saturated heterocycles. The van der Waals surface area contributed by atoms with Crippen LogP contribution in [0.25, 0.3) is 0 Å². The first kappa shape index (κ1) is 16.6. The van der Waals surface area contributed by atoms with Crippen LogP contribution >= 0.6 is 0 Å². The Bertz CT molecular complexity index is 689. The number of nitrogens with two attached hydrogens (primary N) is 1. The van der Waals surface area contributed by atoms with Gasteiger partial charge in [0.2, 0.25) is 11.8 Å². The van der Waals surface area contributed by atoms with Crippen LogP contribution in [0.5, 0.6) is 0 Å². The van der Waals surface area contributed by atoms with Crippen molar-refractivity contribution in [1.82, 2.24) is 0 Å². The van der Waals surface area contributed by atoms with Crippen molar-refractivity contribution in [3.8, 4) is 0 Å². The number of aryl methyl sites for hydroxylation is 1. The van der Waals surface area contributed by atoms with Crippen molar-refractivity contribution in [2.45, 2.75) is 12.8 Å². The molecular formula is C17H18FN3O2. The summed E-state index contributed by atoms with van der Waals surface area (Å²) >= 11 is 0. The molecule has 0 aliphatic rings. The van der Waals surface area contributed by atoms with E-state index in [0.717, 1.165) is 11.6 Å². The van der Waals surface area contributed by atoms with Gasteiger partial charge in [-0.25, -0.2) is 4.39 Å². The highest BCUT2D eigenvalue weighted by molar-refractivity contribution is 6.00. The predicted octanol–water partition coefficient (Wildman–Crippen LogP) is 2.29. The van der Waals surface area contributed by atoms with Gasteiger partial charge in [-0.1, -0.05) is 30.3 Å². The molecule has 4 N–H and O–H groups in total. The Morgan fingerprint density at radius 2 is 1.65 bits per heavy atom. The summed E-state index contributed by atoms with van der Waals surface area (Å²) in [5.74, 6) is -1.20. The second-order valence-corrected chi connectivity index (χ2v) is 4.98. The maximum Gasteiger partial charge on any atom is 0.238 e. The average Bonchev–Trinajstić information content (AvgIpc) is 2.56. The third-order valence-electron chi connectivity index (χ3n) is 3.20. The third kappa shape index (κ3) is 5.19. The van der Waals surface area contributed by atoms with Gasteiger partial charge in [0.05, 0.1) is 17.9 Å². The normalized spacial score (nSPS) is 10.2. The molecule has 0 fully saturated rings. The van der Waals surface area contributed by atoms with Crippen LogP contribution in [0.4, 0.5) is 15.8 Å². The van der Waals surface area contributed by atoms with Gasteiger partial charge in [0.15, 0.2) is 0 Å². The van der Waals surface area contributed by atoms with Crippen molar-refractivity contribution >= 4 is 23.2 Å². The number of carbonyl (C=O) groups is 2. The van der Waals surface area contributed by atoms with Crippen LogP contribution in [0.1, 0.15) is 12.0 Å². The van der Waals surface area contributed by atoms with E-state index in [4.69, 9.17) is 5.73 Å². The van der Waals surface area contributed by atoms with Gasteiger partial charge in [0, 0.05) is 6.42 Å². The van der Waals surface area contributed by atoms with E-state index in [0.29, 0.717) is 12.1 Å². The number of anilines is 2. The first-order valence-electron chi connectivity index (χ1n) is 7.21. The summed E-state index contributed by atoms with van der Waals surface area (Å²) in [5, 5.41) is 5.14. The summed E-state index contributed by atoms with van der Waals surface area (Å²) in [6.07, 6.45) is 0.879. The molecule has 2 amide bonds. The number of amides is 2. The van der Waals surface area contributed by atoms with Crippen molar-refractivity contribution < 1.29 is 14.0 Å². The van der Waals surface area contributed by atoms with Gasteiger partial charge in [-0.15, -0.1) is 0 Å². The lowest BCUT2D eigenvalue weighted by molar-refractivity contribution is -0.116. The minimum Gasteiger partial charge on any atom is -0.324 e. The molecule has 0 aromatic heterocycles. The lowest BCUT2D eigenvalue weighted by Crippen LogP contribution is -2.23. The van der Waals surface area contributed by atoms with E-state index in [2.05, 4.69) is 10.6 Å². The molecule has 5 nitrogen and oxygen atoms in total. The number of benzene rings is 2. The van der Waals surface area contributed by atoms with E-state index in [-0.39, 0.29) is 24.6 Å². The molecule has 0 atom stereocenters. The van der Waals surface area contributed by atoms with Gasteiger partial charge < -0.3 is 16.4 Å². The number of hydrogen-bond donors (Lipinski definition) is 3. The van der Waals surface area contributed by atoms with Crippen molar-refractivity contribution in [2.24, 2.45) is 5.73 Å². The average molecular weight is 315 g/mol. The summed E-state index contributed by atoms with van der Waals surface area (Å²) in [4.78, 5) is 23.4. The SMILES string of the molecule is NCC(=O)Nc1cc(F)ccc1NC(=O)CCc1ccccc1. The first-order chi connectivity index (χ1) is 11.1. The smallest absolute Gasteiger partial charge is 0.238 e. The molecule has 120 valence electrons. The van der Waals surface area contributed by atoms with Crippen LogP contribution in [-0.2, 0) is 16.0 Å². The van der Waals surface area contributed by atoms with E-state index in [1.54, 1.807) is 0 Å². The van der Waals surface area contributed by atoms with E-state index in [9.17, 15) is 14.0 Å². The van der Waals surface area contributed by atoms with Crippen molar-refractivity contribution in [3.63, 3.8) is 0 Å². The topological polar surface area (TPSA) is 84.2 Å². The minimum absolute atomic E-state index is 0.188. The fraction of sp³-hybridized carbons (Fsp3) is 0.176. The summed E-state index contributed by atoms with van der Waals surface area (Å²) < 4.78 is 13.3. The van der Waals surface area contributed by atoms with Crippen LogP contribution in [0.15, 0.2) is 48.5 Å². The molecule has 0 aliphatic carbocycles. The zero-order chi connectivity index (χ0) is 16.7. The Hall–Kier alpha value is -2.73. The maximum absolute atomic E-state index is 13.3.